The van der Waals surface area contributed by atoms with Crippen LogP contribution in [0.2, 0.25) is 10.2 Å². The van der Waals surface area contributed by atoms with Gasteiger partial charge in [-0.05, 0) is 11.6 Å². The molecule has 0 aliphatic carbocycles. The number of pyridine rings is 1. The van der Waals surface area contributed by atoms with Gasteiger partial charge in [-0.15, -0.1) is 0 Å². The normalized spacial score (nSPS) is 11.4. The summed E-state index contributed by atoms with van der Waals surface area (Å²) in [4.78, 5) is 16.6. The maximum absolute atomic E-state index is 12.6. The van der Waals surface area contributed by atoms with Crippen molar-refractivity contribution in [2.24, 2.45) is 0 Å². The number of hydrogen-bond acceptors (Lipinski definition) is 3. The molecular formula is C20H20Cl2N4O. The molecule has 0 unspecified atom stereocenters. The lowest BCUT2D eigenvalue weighted by molar-refractivity contribution is 0.102. The monoisotopic (exact) mass is 402 g/mol. The minimum absolute atomic E-state index is 0.146. The van der Waals surface area contributed by atoms with Gasteiger partial charge in [0.2, 0.25) is 0 Å². The van der Waals surface area contributed by atoms with Gasteiger partial charge in [-0.25, -0.2) is 9.67 Å². The molecule has 1 amide bonds. The van der Waals surface area contributed by atoms with Crippen LogP contribution in [-0.2, 0) is 12.0 Å². The van der Waals surface area contributed by atoms with Crippen molar-refractivity contribution in [2.75, 3.05) is 5.32 Å². The van der Waals surface area contributed by atoms with Gasteiger partial charge in [-0.3, -0.25) is 4.79 Å². The second kappa shape index (κ2) is 7.71. The molecule has 3 rings (SSSR count). The summed E-state index contributed by atoms with van der Waals surface area (Å²) in [6, 6.07) is 13.3. The molecule has 3 aromatic rings. The number of carbonyl (C=O) groups is 1. The third-order valence-corrected chi connectivity index (χ3v) is 4.71. The van der Waals surface area contributed by atoms with Crippen molar-refractivity contribution in [1.29, 1.82) is 0 Å². The van der Waals surface area contributed by atoms with E-state index in [-0.39, 0.29) is 21.5 Å². The van der Waals surface area contributed by atoms with Crippen molar-refractivity contribution >= 4 is 34.9 Å². The Kier molecular flexibility index (Phi) is 5.53. The first-order chi connectivity index (χ1) is 12.7. The van der Waals surface area contributed by atoms with Crippen LogP contribution in [0.1, 0.15) is 42.4 Å². The number of rotatable bonds is 4. The van der Waals surface area contributed by atoms with Crippen LogP contribution in [0.15, 0.2) is 48.7 Å². The largest absolute Gasteiger partial charge is 0.307 e. The second-order valence-corrected chi connectivity index (χ2v) is 8.02. The van der Waals surface area contributed by atoms with E-state index in [4.69, 9.17) is 28.3 Å². The summed E-state index contributed by atoms with van der Waals surface area (Å²) in [7, 11) is 0. The van der Waals surface area contributed by atoms with E-state index in [9.17, 15) is 4.79 Å². The van der Waals surface area contributed by atoms with Gasteiger partial charge in [-0.2, -0.15) is 5.10 Å². The zero-order valence-corrected chi connectivity index (χ0v) is 16.8. The van der Waals surface area contributed by atoms with Gasteiger partial charge in [0, 0.05) is 17.7 Å². The van der Waals surface area contributed by atoms with Crippen molar-refractivity contribution in [2.45, 2.75) is 32.7 Å². The van der Waals surface area contributed by atoms with Gasteiger partial charge in [-0.1, -0.05) is 74.3 Å². The van der Waals surface area contributed by atoms with Gasteiger partial charge in [0.15, 0.2) is 0 Å². The van der Waals surface area contributed by atoms with Crippen molar-refractivity contribution < 1.29 is 4.79 Å². The lowest BCUT2D eigenvalue weighted by Gasteiger charge is -2.14. The first-order valence-corrected chi connectivity index (χ1v) is 9.24. The molecule has 7 heteroatoms. The van der Waals surface area contributed by atoms with Crippen LogP contribution in [0.25, 0.3) is 0 Å². The van der Waals surface area contributed by atoms with Crippen LogP contribution in [0.4, 0.5) is 5.82 Å². The Labute approximate surface area is 168 Å². The molecule has 0 spiro atoms. The predicted molar refractivity (Wildman–Crippen MR) is 109 cm³/mol. The first kappa shape index (κ1) is 19.4. The molecule has 0 radical (unpaired) electrons. The van der Waals surface area contributed by atoms with Crippen molar-refractivity contribution in [3.8, 4) is 0 Å². The highest BCUT2D eigenvalue weighted by molar-refractivity contribution is 6.41. The summed E-state index contributed by atoms with van der Waals surface area (Å²) < 4.78 is 1.79. The zero-order chi connectivity index (χ0) is 19.6. The molecule has 0 saturated heterocycles. The number of benzene rings is 1. The standard InChI is InChI=1S/C20H20Cl2N4O/c1-20(2,3)16-10-17(26(25-16)12-13-7-5-4-6-8-13)24-19(27)14-9-15(21)18(22)23-11-14/h4-11H,12H2,1-3H3,(H,24,27). The van der Waals surface area contributed by atoms with Gasteiger partial charge >= 0.3 is 0 Å². The molecule has 1 N–H and O–H groups in total. The van der Waals surface area contributed by atoms with E-state index < -0.39 is 0 Å². The number of hydrogen-bond donors (Lipinski definition) is 1. The number of carbonyl (C=O) groups excluding carboxylic acids is 1. The Morgan fingerprint density at radius 3 is 2.48 bits per heavy atom. The summed E-state index contributed by atoms with van der Waals surface area (Å²) >= 11 is 11.8. The minimum Gasteiger partial charge on any atom is -0.307 e. The average molecular weight is 403 g/mol. The molecule has 0 aliphatic rings. The number of anilines is 1. The van der Waals surface area contributed by atoms with Gasteiger partial charge in [0.1, 0.15) is 11.0 Å². The number of amides is 1. The third kappa shape index (κ3) is 4.67. The van der Waals surface area contributed by atoms with Crippen LogP contribution in [0, 0.1) is 0 Å². The van der Waals surface area contributed by atoms with E-state index in [0.717, 1.165) is 11.3 Å². The summed E-state index contributed by atoms with van der Waals surface area (Å²) in [5, 5.41) is 8.00. The molecular weight excluding hydrogens is 383 g/mol. The van der Waals surface area contributed by atoms with E-state index >= 15 is 0 Å². The fourth-order valence-electron chi connectivity index (χ4n) is 2.49. The topological polar surface area (TPSA) is 59.8 Å². The van der Waals surface area contributed by atoms with E-state index in [1.165, 1.54) is 12.3 Å². The van der Waals surface area contributed by atoms with E-state index in [1.807, 2.05) is 36.4 Å². The smallest absolute Gasteiger partial charge is 0.258 e. The van der Waals surface area contributed by atoms with Gasteiger partial charge in [0.05, 0.1) is 22.8 Å². The number of halogens is 2. The Balaban J connectivity index is 1.91. The lowest BCUT2D eigenvalue weighted by atomic mass is 9.92. The molecule has 2 aromatic heterocycles. The Morgan fingerprint density at radius 1 is 1.15 bits per heavy atom. The second-order valence-electron chi connectivity index (χ2n) is 7.26. The average Bonchev–Trinajstić information content (AvgIpc) is 3.01. The number of aromatic nitrogens is 3. The van der Waals surface area contributed by atoms with Gasteiger partial charge < -0.3 is 5.32 Å². The number of nitrogens with one attached hydrogen (secondary N) is 1. The molecule has 0 atom stereocenters. The van der Waals surface area contributed by atoms with Gasteiger partial charge in [0.25, 0.3) is 5.91 Å². The van der Waals surface area contributed by atoms with Crippen LogP contribution >= 0.6 is 23.2 Å². The molecule has 0 bridgehead atoms. The zero-order valence-electron chi connectivity index (χ0n) is 15.3. The number of nitrogens with zero attached hydrogens (tertiary/aromatic N) is 3. The van der Waals surface area contributed by atoms with E-state index in [1.54, 1.807) is 4.68 Å². The quantitative estimate of drug-likeness (QED) is 0.611. The third-order valence-electron chi connectivity index (χ3n) is 4.02. The maximum atomic E-state index is 12.6. The fraction of sp³-hybridized carbons (Fsp3) is 0.250. The Hall–Kier alpha value is -2.37. The maximum Gasteiger partial charge on any atom is 0.258 e. The highest BCUT2D eigenvalue weighted by Crippen LogP contribution is 2.25. The van der Waals surface area contributed by atoms with Crippen molar-refractivity contribution in [3.63, 3.8) is 0 Å². The lowest BCUT2D eigenvalue weighted by Crippen LogP contribution is -2.16. The molecule has 27 heavy (non-hydrogen) atoms. The molecule has 5 nitrogen and oxygen atoms in total. The Bertz CT molecular complexity index is 962. The molecule has 0 aliphatic heterocycles. The molecule has 2 heterocycles. The summed E-state index contributed by atoms with van der Waals surface area (Å²) in [5.41, 5.74) is 2.16. The first-order valence-electron chi connectivity index (χ1n) is 8.48. The van der Waals surface area contributed by atoms with Crippen molar-refractivity contribution in [3.05, 3.63) is 75.7 Å². The van der Waals surface area contributed by atoms with Crippen LogP contribution in [-0.4, -0.2) is 20.7 Å². The summed E-state index contributed by atoms with van der Waals surface area (Å²) in [5.74, 6) is 0.288. The molecule has 0 saturated carbocycles. The highest BCUT2D eigenvalue weighted by atomic mass is 35.5. The Morgan fingerprint density at radius 2 is 1.85 bits per heavy atom. The fourth-order valence-corrected chi connectivity index (χ4v) is 2.76. The predicted octanol–water partition coefficient (Wildman–Crippen LogP) is 5.18. The van der Waals surface area contributed by atoms with Crippen molar-refractivity contribution in [1.82, 2.24) is 14.8 Å². The summed E-state index contributed by atoms with van der Waals surface area (Å²) in [6.45, 7) is 6.79. The molecule has 0 fully saturated rings. The van der Waals surface area contributed by atoms with Crippen LogP contribution in [0.5, 0.6) is 0 Å². The molecule has 140 valence electrons. The van der Waals surface area contributed by atoms with E-state index in [0.29, 0.717) is 17.9 Å². The van der Waals surface area contributed by atoms with E-state index in [2.05, 4.69) is 31.1 Å². The summed E-state index contributed by atoms with van der Waals surface area (Å²) in [6.07, 6.45) is 1.39. The minimum atomic E-state index is -0.323. The molecule has 1 aromatic carbocycles. The SMILES string of the molecule is CC(C)(C)c1cc(NC(=O)c2cnc(Cl)c(Cl)c2)n(Cc2ccccc2)n1. The van der Waals surface area contributed by atoms with Crippen LogP contribution in [0.3, 0.4) is 0 Å². The highest BCUT2D eigenvalue weighted by Gasteiger charge is 2.21. The van der Waals surface area contributed by atoms with Crippen LogP contribution < -0.4 is 5.32 Å².